The number of aliphatic hydroxyl groups excluding tert-OH is 1. The average molecular weight is 604 g/mol. The molecule has 2 aliphatic heterocycles. The fourth-order valence-corrected chi connectivity index (χ4v) is 5.80. The third-order valence-corrected chi connectivity index (χ3v) is 8.07. The summed E-state index contributed by atoms with van der Waals surface area (Å²) in [7, 11) is 1.55. The Kier molecular flexibility index (Phi) is 9.16. The number of nitrogens with zero attached hydrogens (tertiary/aromatic N) is 1. The van der Waals surface area contributed by atoms with Crippen LogP contribution in [0.4, 0.5) is 10.5 Å². The van der Waals surface area contributed by atoms with E-state index >= 15 is 0 Å². The van der Waals surface area contributed by atoms with Crippen LogP contribution in [0.5, 0.6) is 5.75 Å². The Balaban J connectivity index is 1.16. The molecule has 0 aromatic heterocycles. The van der Waals surface area contributed by atoms with E-state index in [1.165, 1.54) is 11.8 Å². The molecule has 222 valence electrons. The van der Waals surface area contributed by atoms with Crippen LogP contribution < -0.4 is 15.4 Å². The van der Waals surface area contributed by atoms with Gasteiger partial charge in [0, 0.05) is 5.69 Å². The van der Waals surface area contributed by atoms with Crippen molar-refractivity contribution in [2.45, 2.75) is 31.1 Å². The lowest BCUT2D eigenvalue weighted by atomic mass is 10.0. The fourth-order valence-electron chi connectivity index (χ4n) is 4.60. The number of nitrogens with one attached hydrogen (secondary N) is 2. The number of carbonyl (C=O) groups excluding carboxylic acids is 4. The normalized spacial score (nSPS) is 17.3. The van der Waals surface area contributed by atoms with E-state index in [-0.39, 0.29) is 36.8 Å². The lowest BCUT2D eigenvalue weighted by Gasteiger charge is -2.48. The Morgan fingerprint density at radius 2 is 1.60 bits per heavy atom. The van der Waals surface area contributed by atoms with Gasteiger partial charge in [0.05, 0.1) is 19.3 Å². The number of carbonyl (C=O) groups is 4. The smallest absolute Gasteiger partial charge is 0.411 e. The van der Waals surface area contributed by atoms with Gasteiger partial charge in [-0.05, 0) is 34.9 Å². The Bertz CT molecular complexity index is 1540. The summed E-state index contributed by atoms with van der Waals surface area (Å²) in [5, 5.41) is 15.2. The second-order valence-electron chi connectivity index (χ2n) is 9.70. The molecule has 0 bridgehead atoms. The average Bonchev–Trinajstić information content (AvgIpc) is 3.03. The van der Waals surface area contributed by atoms with Crippen molar-refractivity contribution < 1.29 is 38.5 Å². The first-order valence-electron chi connectivity index (χ1n) is 13.4. The van der Waals surface area contributed by atoms with Crippen LogP contribution in [0, 0.1) is 0 Å². The van der Waals surface area contributed by atoms with Crippen LogP contribution >= 0.6 is 11.8 Å². The van der Waals surface area contributed by atoms with Crippen LogP contribution in [-0.4, -0.2) is 58.2 Å². The van der Waals surface area contributed by atoms with Crippen molar-refractivity contribution >= 4 is 41.3 Å². The van der Waals surface area contributed by atoms with Gasteiger partial charge in [0.25, 0.3) is 5.91 Å². The number of hydrogen-bond donors (Lipinski definition) is 3. The second kappa shape index (κ2) is 13.3. The molecule has 2 heterocycles. The molecule has 1 saturated heterocycles. The molecule has 3 aromatic carbocycles. The summed E-state index contributed by atoms with van der Waals surface area (Å²) in [4.78, 5) is 52.4. The molecule has 1 unspecified atom stereocenters. The van der Waals surface area contributed by atoms with Crippen molar-refractivity contribution in [1.82, 2.24) is 10.2 Å². The van der Waals surface area contributed by atoms with Gasteiger partial charge in [-0.25, -0.2) is 9.59 Å². The lowest BCUT2D eigenvalue weighted by molar-refractivity contribution is -0.153. The maximum atomic E-state index is 13.0. The predicted molar refractivity (Wildman–Crippen MR) is 158 cm³/mol. The van der Waals surface area contributed by atoms with Crippen molar-refractivity contribution in [3.63, 3.8) is 0 Å². The molecule has 0 saturated carbocycles. The van der Waals surface area contributed by atoms with E-state index in [9.17, 15) is 24.3 Å². The van der Waals surface area contributed by atoms with Gasteiger partial charge in [-0.1, -0.05) is 60.7 Å². The zero-order valence-electron chi connectivity index (χ0n) is 23.1. The van der Waals surface area contributed by atoms with Crippen LogP contribution in [0.2, 0.25) is 0 Å². The Hall–Kier alpha value is -4.97. The molecular weight excluding hydrogens is 574 g/mol. The zero-order chi connectivity index (χ0) is 30.3. The summed E-state index contributed by atoms with van der Waals surface area (Å²) in [6, 6.07) is 22.1. The highest BCUT2D eigenvalue weighted by Gasteiger charge is 2.54. The number of anilines is 1. The van der Waals surface area contributed by atoms with Crippen LogP contribution in [0.15, 0.2) is 90.3 Å². The number of methoxy groups -OCH3 is 1. The fraction of sp³-hybridized carbons (Fsp3) is 0.226. The number of benzene rings is 3. The number of rotatable bonds is 10. The molecule has 0 radical (unpaired) electrons. The van der Waals surface area contributed by atoms with Crippen molar-refractivity contribution in [1.29, 1.82) is 0 Å². The molecule has 11 nitrogen and oxygen atoms in total. The van der Waals surface area contributed by atoms with E-state index in [4.69, 9.17) is 14.2 Å². The topological polar surface area (TPSA) is 144 Å². The summed E-state index contributed by atoms with van der Waals surface area (Å²) < 4.78 is 15.8. The highest BCUT2D eigenvalue weighted by atomic mass is 32.2. The lowest BCUT2D eigenvalue weighted by Crippen LogP contribution is -2.70. The summed E-state index contributed by atoms with van der Waals surface area (Å²) in [5.74, 6) is -1.36. The third-order valence-electron chi connectivity index (χ3n) is 6.80. The summed E-state index contributed by atoms with van der Waals surface area (Å²) in [5.41, 5.74) is 2.24. The number of aliphatic hydroxyl groups is 1. The number of β-lactam (4-membered cyclic amide) rings is 1. The summed E-state index contributed by atoms with van der Waals surface area (Å²) in [6.07, 6.45) is -0.785. The maximum Gasteiger partial charge on any atom is 0.411 e. The molecule has 3 amide bonds. The van der Waals surface area contributed by atoms with E-state index in [1.807, 2.05) is 30.3 Å². The minimum atomic E-state index is -0.897. The van der Waals surface area contributed by atoms with E-state index < -0.39 is 35.3 Å². The molecular formula is C31H29N3O8S. The van der Waals surface area contributed by atoms with Crippen LogP contribution in [0.3, 0.4) is 0 Å². The number of amides is 3. The summed E-state index contributed by atoms with van der Waals surface area (Å²) in [6.45, 7) is 0.0303. The van der Waals surface area contributed by atoms with E-state index in [0.717, 1.165) is 10.5 Å². The second-order valence-corrected chi connectivity index (χ2v) is 10.8. The molecule has 43 heavy (non-hydrogen) atoms. The number of ether oxygens (including phenoxy) is 3. The molecule has 2 aliphatic rings. The van der Waals surface area contributed by atoms with Crippen LogP contribution in [-0.2, 0) is 43.5 Å². The molecule has 5 rings (SSSR count). The molecule has 3 N–H and O–H groups in total. The first-order valence-corrected chi connectivity index (χ1v) is 14.4. The SMILES string of the molecule is COc1ccc(COC(=O)C2=C(O)CS[C@@H]3C(NC(=O)Cc4ccccc4NC(=O)OCc4ccccc4)C(=O)N23)cc1. The maximum absolute atomic E-state index is 13.0. The number of esters is 1. The van der Waals surface area contributed by atoms with Gasteiger partial charge in [0.2, 0.25) is 5.91 Å². The molecule has 12 heteroatoms. The van der Waals surface area contributed by atoms with Gasteiger partial charge in [0.1, 0.15) is 36.1 Å². The Morgan fingerprint density at radius 1 is 0.930 bits per heavy atom. The quantitative estimate of drug-likeness (QED) is 0.232. The number of para-hydroxylation sites is 1. The van der Waals surface area contributed by atoms with Gasteiger partial charge in [-0.15, -0.1) is 11.8 Å². The molecule has 1 fully saturated rings. The van der Waals surface area contributed by atoms with Crippen molar-refractivity contribution in [2.24, 2.45) is 0 Å². The van der Waals surface area contributed by atoms with Gasteiger partial charge in [0.15, 0.2) is 5.70 Å². The largest absolute Gasteiger partial charge is 0.509 e. The van der Waals surface area contributed by atoms with E-state index in [1.54, 1.807) is 55.6 Å². The van der Waals surface area contributed by atoms with Crippen molar-refractivity contribution in [3.05, 3.63) is 107 Å². The number of fused-ring (bicyclic) bond motifs is 1. The minimum absolute atomic E-state index is 0.0626. The third kappa shape index (κ3) is 6.92. The first-order chi connectivity index (χ1) is 20.8. The van der Waals surface area contributed by atoms with Gasteiger partial charge >= 0.3 is 12.1 Å². The highest BCUT2D eigenvalue weighted by Crippen LogP contribution is 2.40. The first kappa shape index (κ1) is 29.5. The number of thioether (sulfide) groups is 1. The van der Waals surface area contributed by atoms with Gasteiger partial charge in [-0.2, -0.15) is 0 Å². The number of hydrogen-bond acceptors (Lipinski definition) is 9. The van der Waals surface area contributed by atoms with Crippen LogP contribution in [0.1, 0.15) is 16.7 Å². The van der Waals surface area contributed by atoms with Crippen molar-refractivity contribution in [3.8, 4) is 5.75 Å². The summed E-state index contributed by atoms with van der Waals surface area (Å²) >= 11 is 1.22. The zero-order valence-corrected chi connectivity index (χ0v) is 24.0. The monoisotopic (exact) mass is 603 g/mol. The van der Waals surface area contributed by atoms with Gasteiger partial charge < -0.3 is 24.6 Å². The predicted octanol–water partition coefficient (Wildman–Crippen LogP) is 3.90. The Labute approximate surface area is 251 Å². The van der Waals surface area contributed by atoms with Gasteiger partial charge in [-0.3, -0.25) is 19.8 Å². The van der Waals surface area contributed by atoms with Crippen molar-refractivity contribution in [2.75, 3.05) is 18.2 Å². The highest BCUT2D eigenvalue weighted by molar-refractivity contribution is 8.00. The molecule has 2 atom stereocenters. The Morgan fingerprint density at radius 3 is 2.35 bits per heavy atom. The van der Waals surface area contributed by atoms with Crippen LogP contribution in [0.25, 0.3) is 0 Å². The molecule has 0 spiro atoms. The molecule has 3 aromatic rings. The minimum Gasteiger partial charge on any atom is -0.509 e. The molecule has 0 aliphatic carbocycles. The standard InChI is InChI=1S/C31H29N3O8S/c1-40-22-13-11-20(12-14-22)16-41-30(38)27-24(35)18-43-29-26(28(37)34(27)29)33-25(36)15-21-9-5-6-10-23(21)32-31(39)42-17-19-7-3-2-4-8-19/h2-14,26,29,35H,15-18H2,1H3,(H,32,39)(H,33,36)/t26?,29-/m1/s1. The van der Waals surface area contributed by atoms with E-state index in [2.05, 4.69) is 10.6 Å². The van der Waals surface area contributed by atoms with E-state index in [0.29, 0.717) is 22.6 Å².